The van der Waals surface area contributed by atoms with Crippen LogP contribution in [0.25, 0.3) is 28.2 Å². The highest BCUT2D eigenvalue weighted by atomic mass is 32.2. The third kappa shape index (κ3) is 6.00. The van der Waals surface area contributed by atoms with E-state index >= 15 is 0 Å². The molecule has 0 radical (unpaired) electrons. The lowest BCUT2D eigenvalue weighted by molar-refractivity contribution is -0.184. The molecule has 2 aliphatic heterocycles. The SMILES string of the molecule is N#C/C(=C\c1ccc(-c2ccc3cc(N4CCOCC4)ccc3c2)o1)S(=O)(=O)NC[C@H]1OC[C@H](O)[C@@H](O)[C@@H]1O. The molecule has 0 bridgehead atoms. The zero-order chi connectivity index (χ0) is 27.6. The first-order valence-corrected chi connectivity index (χ1v) is 14.0. The summed E-state index contributed by atoms with van der Waals surface area (Å²) in [4.78, 5) is 1.69. The third-order valence-corrected chi connectivity index (χ3v) is 8.20. The lowest BCUT2D eigenvalue weighted by atomic mass is 10.0. The Hall–Kier alpha value is -3.28. The second-order valence-electron chi connectivity index (χ2n) is 9.44. The fraction of sp³-hybridized carbons (Fsp3) is 0.370. The van der Waals surface area contributed by atoms with Gasteiger partial charge in [0.2, 0.25) is 0 Å². The Morgan fingerprint density at radius 1 is 1.05 bits per heavy atom. The van der Waals surface area contributed by atoms with Crippen molar-refractivity contribution < 1.29 is 37.6 Å². The topological polar surface area (TPSA) is 165 Å². The fourth-order valence-electron chi connectivity index (χ4n) is 4.61. The number of ether oxygens (including phenoxy) is 2. The van der Waals surface area contributed by atoms with Crippen molar-refractivity contribution in [2.45, 2.75) is 24.4 Å². The molecule has 5 rings (SSSR count). The molecule has 39 heavy (non-hydrogen) atoms. The summed E-state index contributed by atoms with van der Waals surface area (Å²) in [7, 11) is -4.28. The van der Waals surface area contributed by atoms with E-state index in [1.807, 2.05) is 24.3 Å². The molecule has 0 amide bonds. The average Bonchev–Trinajstić information content (AvgIpc) is 3.43. The van der Waals surface area contributed by atoms with Gasteiger partial charge in [0.05, 0.1) is 25.9 Å². The van der Waals surface area contributed by atoms with E-state index in [0.29, 0.717) is 19.0 Å². The fourth-order valence-corrected chi connectivity index (χ4v) is 5.54. The molecule has 2 aliphatic rings. The lowest BCUT2D eigenvalue weighted by Crippen LogP contribution is -2.56. The van der Waals surface area contributed by atoms with Gasteiger partial charge < -0.3 is 34.1 Å². The lowest BCUT2D eigenvalue weighted by Gasteiger charge is -2.35. The van der Waals surface area contributed by atoms with E-state index < -0.39 is 45.9 Å². The van der Waals surface area contributed by atoms with E-state index in [1.165, 1.54) is 0 Å². The number of hydrogen-bond acceptors (Lipinski definition) is 10. The van der Waals surface area contributed by atoms with Gasteiger partial charge in [-0.1, -0.05) is 18.2 Å². The van der Waals surface area contributed by atoms with Crippen LogP contribution in [0.1, 0.15) is 5.76 Å². The zero-order valence-electron chi connectivity index (χ0n) is 20.9. The Kier molecular flexibility index (Phi) is 8.01. The summed E-state index contributed by atoms with van der Waals surface area (Å²) in [6, 6.07) is 17.1. The molecule has 3 aromatic rings. The van der Waals surface area contributed by atoms with Crippen LogP contribution in [0, 0.1) is 11.3 Å². The first kappa shape index (κ1) is 27.3. The normalized spacial score (nSPS) is 24.6. The van der Waals surface area contributed by atoms with Crippen LogP contribution in [0.5, 0.6) is 0 Å². The van der Waals surface area contributed by atoms with Gasteiger partial charge in [0.25, 0.3) is 10.0 Å². The maximum Gasteiger partial charge on any atom is 0.250 e. The Balaban J connectivity index is 1.29. The monoisotopic (exact) mass is 555 g/mol. The van der Waals surface area contributed by atoms with Gasteiger partial charge in [-0.2, -0.15) is 5.26 Å². The molecule has 206 valence electrons. The summed E-state index contributed by atoms with van der Waals surface area (Å²) < 4.78 is 44.1. The molecular weight excluding hydrogens is 526 g/mol. The molecule has 4 N–H and O–H groups in total. The van der Waals surface area contributed by atoms with Crippen molar-refractivity contribution in [1.82, 2.24) is 4.72 Å². The number of aliphatic hydroxyl groups excluding tert-OH is 3. The average molecular weight is 556 g/mol. The number of morpholine rings is 1. The van der Waals surface area contributed by atoms with Crippen molar-refractivity contribution in [1.29, 1.82) is 5.26 Å². The number of furan rings is 1. The summed E-state index contributed by atoms with van der Waals surface area (Å²) in [5.41, 5.74) is 1.94. The Morgan fingerprint density at radius 2 is 1.79 bits per heavy atom. The number of benzene rings is 2. The van der Waals surface area contributed by atoms with Crippen molar-refractivity contribution in [3.8, 4) is 17.4 Å². The number of fused-ring (bicyclic) bond motifs is 1. The zero-order valence-corrected chi connectivity index (χ0v) is 21.8. The number of nitrogens with zero attached hydrogens (tertiary/aromatic N) is 2. The number of aliphatic hydroxyl groups is 3. The van der Waals surface area contributed by atoms with Gasteiger partial charge in [0.1, 0.15) is 35.9 Å². The number of nitrogens with one attached hydrogen (secondary N) is 1. The van der Waals surface area contributed by atoms with E-state index in [-0.39, 0.29) is 12.4 Å². The molecule has 2 fully saturated rings. The number of allylic oxidation sites excluding steroid dienone is 1. The number of nitriles is 1. The van der Waals surface area contributed by atoms with Gasteiger partial charge >= 0.3 is 0 Å². The van der Waals surface area contributed by atoms with E-state index in [9.17, 15) is 29.0 Å². The minimum absolute atomic E-state index is 0.169. The van der Waals surface area contributed by atoms with E-state index in [0.717, 1.165) is 41.2 Å². The van der Waals surface area contributed by atoms with E-state index in [2.05, 4.69) is 21.8 Å². The molecular formula is C27H29N3O8S. The van der Waals surface area contributed by atoms with Crippen LogP contribution < -0.4 is 9.62 Å². The second-order valence-corrected chi connectivity index (χ2v) is 11.2. The molecule has 0 saturated carbocycles. The highest BCUT2D eigenvalue weighted by molar-refractivity contribution is 7.93. The third-order valence-electron chi connectivity index (χ3n) is 6.87. The Labute approximate surface area is 225 Å². The van der Waals surface area contributed by atoms with Crippen LogP contribution in [0.4, 0.5) is 5.69 Å². The molecule has 11 nitrogen and oxygen atoms in total. The van der Waals surface area contributed by atoms with Crippen molar-refractivity contribution in [2.24, 2.45) is 0 Å². The minimum atomic E-state index is -4.28. The molecule has 0 unspecified atom stereocenters. The number of anilines is 1. The molecule has 2 aromatic carbocycles. The molecule has 0 aliphatic carbocycles. The molecule has 4 atom stereocenters. The van der Waals surface area contributed by atoms with Gasteiger partial charge in [-0.3, -0.25) is 0 Å². The van der Waals surface area contributed by atoms with Crippen LogP contribution in [0.15, 0.2) is 57.9 Å². The Bertz CT molecular complexity index is 1510. The number of hydrogen-bond donors (Lipinski definition) is 4. The highest BCUT2D eigenvalue weighted by Crippen LogP contribution is 2.30. The summed E-state index contributed by atoms with van der Waals surface area (Å²) in [5.74, 6) is 0.677. The predicted octanol–water partition coefficient (Wildman–Crippen LogP) is 1.20. The summed E-state index contributed by atoms with van der Waals surface area (Å²) in [6.45, 7) is 2.47. The van der Waals surface area contributed by atoms with Crippen molar-refractivity contribution in [3.63, 3.8) is 0 Å². The van der Waals surface area contributed by atoms with Crippen molar-refractivity contribution >= 4 is 32.6 Å². The Morgan fingerprint density at radius 3 is 2.56 bits per heavy atom. The number of rotatable bonds is 7. The van der Waals surface area contributed by atoms with Crippen LogP contribution in [-0.2, 0) is 19.5 Å². The molecule has 2 saturated heterocycles. The summed E-state index contributed by atoms with van der Waals surface area (Å²) in [6.07, 6.45) is -4.22. The molecule has 1 aromatic heterocycles. The molecule has 0 spiro atoms. The van der Waals surface area contributed by atoms with Gasteiger partial charge in [-0.25, -0.2) is 13.1 Å². The van der Waals surface area contributed by atoms with Crippen LogP contribution in [0.2, 0.25) is 0 Å². The van der Waals surface area contributed by atoms with E-state index in [4.69, 9.17) is 13.9 Å². The minimum Gasteiger partial charge on any atom is -0.457 e. The van der Waals surface area contributed by atoms with E-state index in [1.54, 1.807) is 18.2 Å². The highest BCUT2D eigenvalue weighted by Gasteiger charge is 2.38. The van der Waals surface area contributed by atoms with Crippen LogP contribution in [-0.4, -0.2) is 87.6 Å². The quantitative estimate of drug-likeness (QED) is 0.311. The maximum absolute atomic E-state index is 12.7. The first-order chi connectivity index (χ1) is 18.7. The van der Waals surface area contributed by atoms with Gasteiger partial charge in [0.15, 0.2) is 4.91 Å². The van der Waals surface area contributed by atoms with Crippen LogP contribution >= 0.6 is 0 Å². The van der Waals surface area contributed by atoms with Crippen molar-refractivity contribution in [3.05, 3.63) is 59.2 Å². The van der Waals surface area contributed by atoms with Gasteiger partial charge in [0, 0.05) is 37.0 Å². The maximum atomic E-state index is 12.7. The standard InChI is InChI=1S/C27H29N3O8S/c28-14-22(39(34,35)29-15-25-27(33)26(32)23(31)16-37-25)13-21-5-6-24(38-21)19-2-1-18-12-20(4-3-17(18)11-19)30-7-9-36-10-8-30/h1-6,11-13,23,25-27,29,31-33H,7-10,15-16H2/b22-13+/t23-,25+,26+,27+/m0/s1. The first-order valence-electron chi connectivity index (χ1n) is 12.5. The smallest absolute Gasteiger partial charge is 0.250 e. The van der Waals surface area contributed by atoms with Crippen LogP contribution in [0.3, 0.4) is 0 Å². The summed E-state index contributed by atoms with van der Waals surface area (Å²) >= 11 is 0. The predicted molar refractivity (Wildman–Crippen MR) is 143 cm³/mol. The van der Waals surface area contributed by atoms with Crippen molar-refractivity contribution in [2.75, 3.05) is 44.4 Å². The molecule has 12 heteroatoms. The summed E-state index contributed by atoms with van der Waals surface area (Å²) in [5, 5.41) is 40.9. The van der Waals surface area contributed by atoms with Gasteiger partial charge in [-0.05, 0) is 41.1 Å². The molecule has 3 heterocycles. The second kappa shape index (κ2) is 11.4. The largest absolute Gasteiger partial charge is 0.457 e. The number of sulfonamides is 1. The van der Waals surface area contributed by atoms with Gasteiger partial charge in [-0.15, -0.1) is 0 Å².